The number of methoxy groups -OCH3 is 1. The van der Waals surface area contributed by atoms with Gasteiger partial charge in [0, 0.05) is 17.3 Å². The lowest BCUT2D eigenvalue weighted by molar-refractivity contribution is -0.143. The van der Waals surface area contributed by atoms with E-state index in [-0.39, 0.29) is 12.1 Å². The zero-order chi connectivity index (χ0) is 22.8. The van der Waals surface area contributed by atoms with Crippen molar-refractivity contribution in [3.05, 3.63) is 59.4 Å². The number of imide groups is 1. The van der Waals surface area contributed by atoms with Crippen LogP contribution in [0.2, 0.25) is 0 Å². The molecular weight excluding hydrogens is 417 g/mol. The molecule has 0 unspecified atom stereocenters. The van der Waals surface area contributed by atoms with Crippen LogP contribution in [0, 0.1) is 17.7 Å². The number of hydrogen-bond acceptors (Lipinski definition) is 6. The third kappa shape index (κ3) is 2.71. The molecule has 3 heterocycles. The maximum Gasteiger partial charge on any atom is 0.250 e. The lowest BCUT2D eigenvalue weighted by Gasteiger charge is -2.30. The smallest absolute Gasteiger partial charge is 0.250 e. The average molecular weight is 439 g/mol. The van der Waals surface area contributed by atoms with Crippen molar-refractivity contribution in [2.45, 2.75) is 31.2 Å². The topological polar surface area (TPSA) is 108 Å². The van der Waals surface area contributed by atoms with Crippen molar-refractivity contribution in [1.29, 1.82) is 0 Å². The van der Waals surface area contributed by atoms with Gasteiger partial charge in [-0.25, -0.2) is 4.39 Å². The Labute approximate surface area is 183 Å². The van der Waals surface area contributed by atoms with Gasteiger partial charge in [0.2, 0.25) is 17.7 Å². The molecule has 8 nitrogen and oxygen atoms in total. The first-order valence-corrected chi connectivity index (χ1v) is 10.3. The van der Waals surface area contributed by atoms with E-state index in [1.54, 1.807) is 31.4 Å². The van der Waals surface area contributed by atoms with E-state index in [1.165, 1.54) is 25.1 Å². The predicted octanol–water partition coefficient (Wildman–Crippen LogP) is 1.14. The number of benzene rings is 2. The zero-order valence-electron chi connectivity index (χ0n) is 17.5. The molecule has 166 valence electrons. The van der Waals surface area contributed by atoms with Crippen LogP contribution in [0.15, 0.2) is 42.5 Å². The van der Waals surface area contributed by atoms with E-state index >= 15 is 0 Å². The van der Waals surface area contributed by atoms with Crippen molar-refractivity contribution in [2.75, 3.05) is 12.4 Å². The molecule has 3 aliphatic rings. The first-order chi connectivity index (χ1) is 15.3. The van der Waals surface area contributed by atoms with E-state index in [0.29, 0.717) is 17.0 Å². The average Bonchev–Trinajstić information content (AvgIpc) is 3.36. The fourth-order valence-corrected chi connectivity index (χ4v) is 5.25. The van der Waals surface area contributed by atoms with Crippen molar-refractivity contribution in [1.82, 2.24) is 10.2 Å². The van der Waals surface area contributed by atoms with Gasteiger partial charge in [0.05, 0.1) is 31.6 Å². The Bertz CT molecular complexity index is 1130. The summed E-state index contributed by atoms with van der Waals surface area (Å²) in [6.07, 6.45) is -1.02. The van der Waals surface area contributed by atoms with E-state index in [2.05, 4.69) is 10.6 Å². The zero-order valence-corrected chi connectivity index (χ0v) is 17.5. The molecule has 2 aromatic carbocycles. The number of nitrogens with zero attached hydrogens (tertiary/aromatic N) is 1. The minimum atomic E-state index is -1.63. The van der Waals surface area contributed by atoms with Crippen LogP contribution in [0.5, 0.6) is 5.75 Å². The van der Waals surface area contributed by atoms with Gasteiger partial charge >= 0.3 is 0 Å². The molecule has 2 fully saturated rings. The number of carbonyl (C=O) groups is 3. The fraction of sp³-hybridized carbons (Fsp3) is 0.348. The van der Waals surface area contributed by atoms with Crippen LogP contribution in [0.25, 0.3) is 0 Å². The number of amides is 3. The molecule has 3 amide bonds. The monoisotopic (exact) mass is 439 g/mol. The second kappa shape index (κ2) is 7.11. The second-order valence-corrected chi connectivity index (χ2v) is 8.48. The number of ether oxygens (including phenoxy) is 1. The molecule has 32 heavy (non-hydrogen) atoms. The van der Waals surface area contributed by atoms with Crippen molar-refractivity contribution in [3.8, 4) is 5.75 Å². The second-order valence-electron chi connectivity index (χ2n) is 8.48. The number of hydrogen-bond donors (Lipinski definition) is 3. The number of aliphatic hydroxyl groups is 1. The van der Waals surface area contributed by atoms with Gasteiger partial charge in [-0.15, -0.1) is 0 Å². The van der Waals surface area contributed by atoms with Gasteiger partial charge in [0.1, 0.15) is 17.1 Å². The summed E-state index contributed by atoms with van der Waals surface area (Å²) in [4.78, 5) is 41.3. The summed E-state index contributed by atoms with van der Waals surface area (Å²) in [6.45, 7) is 1.52. The van der Waals surface area contributed by atoms with Crippen LogP contribution in [0.3, 0.4) is 0 Å². The minimum Gasteiger partial charge on any atom is -0.497 e. The Balaban J connectivity index is 1.58. The van der Waals surface area contributed by atoms with E-state index in [4.69, 9.17) is 4.74 Å². The van der Waals surface area contributed by atoms with E-state index < -0.39 is 53.1 Å². The van der Waals surface area contributed by atoms with Gasteiger partial charge < -0.3 is 15.2 Å². The van der Waals surface area contributed by atoms with Crippen LogP contribution in [-0.2, 0) is 26.5 Å². The molecule has 0 aromatic heterocycles. The number of anilines is 1. The Morgan fingerprint density at radius 2 is 1.88 bits per heavy atom. The van der Waals surface area contributed by atoms with Gasteiger partial charge in [0.15, 0.2) is 0 Å². The molecule has 2 saturated heterocycles. The lowest BCUT2D eigenvalue weighted by atomic mass is 9.76. The molecule has 3 aliphatic heterocycles. The quantitative estimate of drug-likeness (QED) is 0.617. The third-order valence-corrected chi connectivity index (χ3v) is 6.72. The number of aliphatic hydroxyl groups excluding tert-OH is 1. The molecule has 0 aliphatic carbocycles. The van der Waals surface area contributed by atoms with Crippen molar-refractivity contribution >= 4 is 23.4 Å². The van der Waals surface area contributed by atoms with E-state index in [0.717, 1.165) is 4.90 Å². The number of halogens is 1. The Hall–Kier alpha value is -3.30. The molecule has 5 rings (SSSR count). The van der Waals surface area contributed by atoms with Crippen molar-refractivity contribution in [3.63, 3.8) is 0 Å². The van der Waals surface area contributed by atoms with Crippen LogP contribution in [0.4, 0.5) is 10.1 Å². The molecule has 0 saturated carbocycles. The lowest BCUT2D eigenvalue weighted by Crippen LogP contribution is -2.54. The molecule has 0 radical (unpaired) electrons. The summed E-state index contributed by atoms with van der Waals surface area (Å²) in [5.74, 6) is -3.52. The van der Waals surface area contributed by atoms with E-state index in [1.807, 2.05) is 0 Å². The standard InChI is InChI=1S/C23H22FN3O5/c1-11(28)19-17-18(23(26-19)15-9-13(24)5-8-16(15)25-22(23)31)21(30)27(20(17)29)10-12-3-6-14(32-2)7-4-12/h3-9,11,17-19,26,28H,10H2,1-2H3,(H,25,31)/t11-,17+,18+,19+,23-/m1/s1. The summed E-state index contributed by atoms with van der Waals surface area (Å²) >= 11 is 0. The summed E-state index contributed by atoms with van der Waals surface area (Å²) in [6, 6.07) is 9.96. The third-order valence-electron chi connectivity index (χ3n) is 6.72. The number of nitrogens with one attached hydrogen (secondary N) is 2. The fourth-order valence-electron chi connectivity index (χ4n) is 5.25. The predicted molar refractivity (Wildman–Crippen MR) is 111 cm³/mol. The van der Waals surface area contributed by atoms with Crippen LogP contribution in [-0.4, -0.2) is 47.0 Å². The molecule has 3 N–H and O–H groups in total. The maximum atomic E-state index is 14.1. The van der Waals surface area contributed by atoms with Crippen LogP contribution >= 0.6 is 0 Å². The highest BCUT2D eigenvalue weighted by molar-refractivity contribution is 6.15. The van der Waals surface area contributed by atoms with Crippen molar-refractivity contribution in [2.24, 2.45) is 11.8 Å². The first-order valence-electron chi connectivity index (χ1n) is 10.3. The van der Waals surface area contributed by atoms with E-state index in [9.17, 15) is 23.9 Å². The van der Waals surface area contributed by atoms with Gasteiger partial charge in [-0.05, 0) is 42.8 Å². The SMILES string of the molecule is COc1ccc(CN2C(=O)[C@@H]3[C@H]([C@@H](C)O)N[C@@]4(C(=O)Nc5ccc(F)cc54)[C@@H]3C2=O)cc1. The molecule has 2 aromatic rings. The highest BCUT2D eigenvalue weighted by Crippen LogP contribution is 2.53. The molecule has 5 atom stereocenters. The van der Waals surface area contributed by atoms with Crippen LogP contribution < -0.4 is 15.4 Å². The van der Waals surface area contributed by atoms with Crippen molar-refractivity contribution < 1.29 is 28.6 Å². The van der Waals surface area contributed by atoms with Gasteiger partial charge in [-0.2, -0.15) is 0 Å². The summed E-state index contributed by atoms with van der Waals surface area (Å²) in [5.41, 5.74) is -0.272. The largest absolute Gasteiger partial charge is 0.497 e. The van der Waals surface area contributed by atoms with Gasteiger partial charge in [0.25, 0.3) is 0 Å². The molecule has 1 spiro atoms. The molecule has 9 heteroatoms. The maximum absolute atomic E-state index is 14.1. The number of likely N-dealkylation sites (tertiary alicyclic amines) is 1. The number of carbonyl (C=O) groups excluding carboxylic acids is 3. The highest BCUT2D eigenvalue weighted by Gasteiger charge is 2.71. The summed E-state index contributed by atoms with van der Waals surface area (Å²) < 4.78 is 19.3. The Morgan fingerprint density at radius 1 is 1.16 bits per heavy atom. The van der Waals surface area contributed by atoms with Gasteiger partial charge in [-0.1, -0.05) is 12.1 Å². The highest BCUT2D eigenvalue weighted by atomic mass is 19.1. The number of fused-ring (bicyclic) bond motifs is 4. The Kier molecular flexibility index (Phi) is 4.58. The summed E-state index contributed by atoms with van der Waals surface area (Å²) in [5, 5.41) is 16.1. The van der Waals surface area contributed by atoms with Crippen LogP contribution in [0.1, 0.15) is 18.1 Å². The normalized spacial score (nSPS) is 29.3. The molecule has 0 bridgehead atoms. The minimum absolute atomic E-state index is 0.0227. The van der Waals surface area contributed by atoms with Gasteiger partial charge in [-0.3, -0.25) is 24.6 Å². The first kappa shape index (κ1) is 20.6. The summed E-state index contributed by atoms with van der Waals surface area (Å²) in [7, 11) is 1.54. The Morgan fingerprint density at radius 3 is 2.53 bits per heavy atom. The number of rotatable bonds is 4. The molecular formula is C23H22FN3O5.